The van der Waals surface area contributed by atoms with Gasteiger partial charge in [-0.2, -0.15) is 0 Å². The molecule has 0 spiro atoms. The second-order valence-corrected chi connectivity index (χ2v) is 3.29. The monoisotopic (exact) mass is 190 g/mol. The van der Waals surface area contributed by atoms with Crippen molar-refractivity contribution in [1.29, 1.82) is 0 Å². The maximum atomic E-state index is 5.33. The second kappa shape index (κ2) is 3.31. The van der Waals surface area contributed by atoms with E-state index >= 15 is 0 Å². The number of anilines is 1. The number of imidazole rings is 1. The Bertz CT molecular complexity index is 458. The molecule has 0 aliphatic heterocycles. The zero-order valence-corrected chi connectivity index (χ0v) is 8.41. The zero-order valence-electron chi connectivity index (χ0n) is 8.41. The topological polar surface area (TPSA) is 55.9 Å². The number of fused-ring (bicyclic) bond motifs is 1. The summed E-state index contributed by atoms with van der Waals surface area (Å²) in [4.78, 5) is 4.51. The van der Waals surface area contributed by atoms with E-state index in [9.17, 15) is 0 Å². The van der Waals surface area contributed by atoms with Gasteiger partial charge >= 0.3 is 0 Å². The van der Waals surface area contributed by atoms with E-state index in [2.05, 4.69) is 21.9 Å². The van der Waals surface area contributed by atoms with Crippen LogP contribution in [0.4, 0.5) is 5.69 Å². The second-order valence-electron chi connectivity index (χ2n) is 3.29. The van der Waals surface area contributed by atoms with Crippen LogP contribution in [0.2, 0.25) is 0 Å². The molecule has 0 amide bonds. The van der Waals surface area contributed by atoms with Crippen LogP contribution in [-0.4, -0.2) is 9.55 Å². The van der Waals surface area contributed by atoms with Gasteiger partial charge in [0, 0.05) is 13.5 Å². The quantitative estimate of drug-likeness (QED) is 0.556. The Morgan fingerprint density at radius 1 is 1.50 bits per heavy atom. The molecule has 2 rings (SSSR count). The van der Waals surface area contributed by atoms with E-state index in [0.29, 0.717) is 0 Å². The number of aryl methyl sites for hydroxylation is 2. The fraction of sp³-hybridized carbons (Fsp3) is 0.300. The Kier molecular flexibility index (Phi) is 2.13. The molecule has 74 valence electrons. The Labute approximate surface area is 82.7 Å². The van der Waals surface area contributed by atoms with E-state index in [1.807, 2.05) is 25.2 Å². The fourth-order valence-electron chi connectivity index (χ4n) is 1.66. The predicted molar refractivity (Wildman–Crippen MR) is 57.9 cm³/mol. The van der Waals surface area contributed by atoms with Crippen LogP contribution in [0.5, 0.6) is 0 Å². The molecule has 0 aliphatic carbocycles. The molecular formula is C10H14N4. The summed E-state index contributed by atoms with van der Waals surface area (Å²) in [5, 5.41) is 0. The van der Waals surface area contributed by atoms with Crippen molar-refractivity contribution in [2.24, 2.45) is 12.9 Å². The highest BCUT2D eigenvalue weighted by Crippen LogP contribution is 2.19. The largest absolute Gasteiger partial charge is 0.331 e. The van der Waals surface area contributed by atoms with Gasteiger partial charge in [-0.05, 0) is 18.2 Å². The SMILES string of the molecule is CCc1nc2cc(NN)ccc2n1C. The lowest BCUT2D eigenvalue weighted by Crippen LogP contribution is -2.06. The number of benzene rings is 1. The summed E-state index contributed by atoms with van der Waals surface area (Å²) >= 11 is 0. The molecule has 3 N–H and O–H groups in total. The van der Waals surface area contributed by atoms with Crippen molar-refractivity contribution >= 4 is 16.7 Å². The van der Waals surface area contributed by atoms with Crippen LogP contribution in [0.15, 0.2) is 18.2 Å². The molecule has 4 nitrogen and oxygen atoms in total. The van der Waals surface area contributed by atoms with Crippen LogP contribution in [0.25, 0.3) is 11.0 Å². The Morgan fingerprint density at radius 2 is 2.29 bits per heavy atom. The first kappa shape index (κ1) is 9.02. The van der Waals surface area contributed by atoms with Crippen molar-refractivity contribution < 1.29 is 0 Å². The van der Waals surface area contributed by atoms with E-state index in [1.165, 1.54) is 0 Å². The Morgan fingerprint density at radius 3 is 2.93 bits per heavy atom. The lowest BCUT2D eigenvalue weighted by molar-refractivity contribution is 0.829. The fourth-order valence-corrected chi connectivity index (χ4v) is 1.66. The van der Waals surface area contributed by atoms with Gasteiger partial charge in [-0.25, -0.2) is 4.98 Å². The highest BCUT2D eigenvalue weighted by molar-refractivity contribution is 5.80. The Hall–Kier alpha value is -1.55. The number of nitrogen functional groups attached to an aromatic ring is 1. The lowest BCUT2D eigenvalue weighted by Gasteiger charge is -2.00. The molecule has 0 fully saturated rings. The summed E-state index contributed by atoms with van der Waals surface area (Å²) in [6.07, 6.45) is 0.941. The number of hydrazine groups is 1. The van der Waals surface area contributed by atoms with Crippen LogP contribution >= 0.6 is 0 Å². The van der Waals surface area contributed by atoms with Gasteiger partial charge in [0.1, 0.15) is 5.82 Å². The van der Waals surface area contributed by atoms with Gasteiger partial charge in [-0.1, -0.05) is 6.92 Å². The van der Waals surface area contributed by atoms with Gasteiger partial charge in [0.05, 0.1) is 16.7 Å². The maximum Gasteiger partial charge on any atom is 0.109 e. The molecular weight excluding hydrogens is 176 g/mol. The molecule has 0 atom stereocenters. The van der Waals surface area contributed by atoms with E-state index in [-0.39, 0.29) is 0 Å². The average molecular weight is 190 g/mol. The van der Waals surface area contributed by atoms with Gasteiger partial charge in [0.25, 0.3) is 0 Å². The summed E-state index contributed by atoms with van der Waals surface area (Å²) in [5.74, 6) is 6.43. The first-order valence-electron chi connectivity index (χ1n) is 4.68. The van der Waals surface area contributed by atoms with Gasteiger partial charge in [-0.15, -0.1) is 0 Å². The normalized spacial score (nSPS) is 10.8. The third-order valence-corrected chi connectivity index (χ3v) is 2.46. The Balaban J connectivity index is 2.66. The van der Waals surface area contributed by atoms with Crippen LogP contribution in [0.1, 0.15) is 12.7 Å². The summed E-state index contributed by atoms with van der Waals surface area (Å²) in [5.41, 5.74) is 5.63. The van der Waals surface area contributed by atoms with E-state index in [4.69, 9.17) is 5.84 Å². The molecule has 2 aromatic rings. The number of hydrogen-bond donors (Lipinski definition) is 2. The number of aromatic nitrogens is 2. The minimum atomic E-state index is 0.887. The minimum Gasteiger partial charge on any atom is -0.331 e. The van der Waals surface area contributed by atoms with Gasteiger partial charge in [-0.3, -0.25) is 5.84 Å². The van der Waals surface area contributed by atoms with Crippen molar-refractivity contribution in [2.75, 3.05) is 5.43 Å². The average Bonchev–Trinajstić information content (AvgIpc) is 2.55. The van der Waals surface area contributed by atoms with Gasteiger partial charge in [0.2, 0.25) is 0 Å². The van der Waals surface area contributed by atoms with E-state index < -0.39 is 0 Å². The molecule has 0 saturated carbocycles. The van der Waals surface area contributed by atoms with E-state index in [0.717, 1.165) is 29.0 Å². The highest BCUT2D eigenvalue weighted by atomic mass is 15.2. The molecule has 4 heteroatoms. The number of nitrogens with one attached hydrogen (secondary N) is 1. The number of hydrogen-bond acceptors (Lipinski definition) is 3. The van der Waals surface area contributed by atoms with Crippen molar-refractivity contribution in [2.45, 2.75) is 13.3 Å². The number of rotatable bonds is 2. The predicted octanol–water partition coefficient (Wildman–Crippen LogP) is 1.42. The van der Waals surface area contributed by atoms with Crippen LogP contribution in [-0.2, 0) is 13.5 Å². The maximum absolute atomic E-state index is 5.33. The van der Waals surface area contributed by atoms with Crippen molar-refractivity contribution in [3.8, 4) is 0 Å². The standard InChI is InChI=1S/C10H14N4/c1-3-10-12-8-6-7(13-11)4-5-9(8)14(10)2/h4-6,13H,3,11H2,1-2H3. The van der Waals surface area contributed by atoms with Crippen LogP contribution in [0.3, 0.4) is 0 Å². The summed E-state index contributed by atoms with van der Waals surface area (Å²) in [6, 6.07) is 5.93. The molecule has 1 aromatic heterocycles. The molecule has 0 saturated heterocycles. The molecule has 14 heavy (non-hydrogen) atoms. The summed E-state index contributed by atoms with van der Waals surface area (Å²) < 4.78 is 2.11. The molecule has 0 aliphatic rings. The van der Waals surface area contributed by atoms with Crippen LogP contribution < -0.4 is 11.3 Å². The van der Waals surface area contributed by atoms with Crippen molar-refractivity contribution in [3.63, 3.8) is 0 Å². The van der Waals surface area contributed by atoms with Gasteiger partial charge in [0.15, 0.2) is 0 Å². The number of nitrogens with two attached hydrogens (primary N) is 1. The summed E-state index contributed by atoms with van der Waals surface area (Å²) in [6.45, 7) is 2.10. The highest BCUT2D eigenvalue weighted by Gasteiger charge is 2.05. The molecule has 0 unspecified atom stereocenters. The molecule has 0 radical (unpaired) electrons. The van der Waals surface area contributed by atoms with Gasteiger partial charge < -0.3 is 9.99 Å². The summed E-state index contributed by atoms with van der Waals surface area (Å²) in [7, 11) is 2.03. The van der Waals surface area contributed by atoms with Crippen molar-refractivity contribution in [1.82, 2.24) is 9.55 Å². The lowest BCUT2D eigenvalue weighted by atomic mass is 10.3. The van der Waals surface area contributed by atoms with Crippen LogP contribution in [0, 0.1) is 0 Å². The van der Waals surface area contributed by atoms with Crippen molar-refractivity contribution in [3.05, 3.63) is 24.0 Å². The number of nitrogens with zero attached hydrogens (tertiary/aromatic N) is 2. The zero-order chi connectivity index (χ0) is 10.1. The third kappa shape index (κ3) is 1.24. The van der Waals surface area contributed by atoms with E-state index in [1.54, 1.807) is 0 Å². The molecule has 1 aromatic carbocycles. The first-order chi connectivity index (χ1) is 6.76. The first-order valence-corrected chi connectivity index (χ1v) is 4.68. The smallest absolute Gasteiger partial charge is 0.109 e. The minimum absolute atomic E-state index is 0.887. The third-order valence-electron chi connectivity index (χ3n) is 2.46. The molecule has 1 heterocycles. The molecule has 0 bridgehead atoms.